The number of aliphatic hydroxyl groups is 1. The number of hydrogen-bond acceptors (Lipinski definition) is 2. The van der Waals surface area contributed by atoms with Gasteiger partial charge in [-0.1, -0.05) is 54.6 Å². The average Bonchev–Trinajstić information content (AvgIpc) is 2.45. The lowest BCUT2D eigenvalue weighted by Crippen LogP contribution is -1.94. The Bertz CT molecular complexity index is 486. The fourth-order valence-electron chi connectivity index (χ4n) is 1.60. The number of ether oxygens (including phenoxy) is 1. The summed E-state index contributed by atoms with van der Waals surface area (Å²) in [4.78, 5) is 0. The predicted octanol–water partition coefficient (Wildman–Crippen LogP) is 3.27. The predicted molar refractivity (Wildman–Crippen MR) is 73.3 cm³/mol. The zero-order valence-corrected chi connectivity index (χ0v) is 10.1. The molecule has 1 N–H and O–H groups in total. The molecule has 0 bridgehead atoms. The summed E-state index contributed by atoms with van der Waals surface area (Å²) >= 11 is 0. The first-order valence-corrected chi connectivity index (χ1v) is 5.92. The monoisotopic (exact) mass is 240 g/mol. The van der Waals surface area contributed by atoms with Gasteiger partial charge in [0.05, 0.1) is 6.61 Å². The van der Waals surface area contributed by atoms with Crippen molar-refractivity contribution >= 4 is 6.08 Å². The molecule has 0 amide bonds. The summed E-state index contributed by atoms with van der Waals surface area (Å²) < 4.78 is 5.68. The van der Waals surface area contributed by atoms with Crippen LogP contribution in [-0.2, 0) is 6.61 Å². The first-order valence-electron chi connectivity index (χ1n) is 5.92. The maximum Gasteiger partial charge on any atom is 0.119 e. The molecule has 0 aliphatic carbocycles. The molecule has 0 aliphatic heterocycles. The number of aliphatic hydroxyl groups excluding tert-OH is 1. The lowest BCUT2D eigenvalue weighted by Gasteiger charge is -2.06. The van der Waals surface area contributed by atoms with E-state index in [0.717, 1.165) is 16.9 Å². The van der Waals surface area contributed by atoms with E-state index in [4.69, 9.17) is 9.84 Å². The molecule has 0 aliphatic rings. The van der Waals surface area contributed by atoms with E-state index >= 15 is 0 Å². The van der Waals surface area contributed by atoms with E-state index in [1.54, 1.807) is 6.08 Å². The summed E-state index contributed by atoms with van der Waals surface area (Å²) in [6.07, 6.45) is 3.58. The average molecular weight is 240 g/mol. The van der Waals surface area contributed by atoms with Crippen LogP contribution in [0.5, 0.6) is 5.75 Å². The van der Waals surface area contributed by atoms with Crippen LogP contribution in [0.4, 0.5) is 0 Å². The van der Waals surface area contributed by atoms with Gasteiger partial charge in [-0.3, -0.25) is 0 Å². The minimum Gasteiger partial charge on any atom is -0.489 e. The third kappa shape index (κ3) is 3.75. The molecule has 0 radical (unpaired) electrons. The summed E-state index contributed by atoms with van der Waals surface area (Å²) in [5.41, 5.74) is 2.21. The molecule has 0 fully saturated rings. The first kappa shape index (κ1) is 12.4. The molecule has 2 heteroatoms. The number of hydrogen-bond donors (Lipinski definition) is 1. The van der Waals surface area contributed by atoms with Gasteiger partial charge in [0.1, 0.15) is 12.4 Å². The minimum absolute atomic E-state index is 0.0618. The third-order valence-corrected chi connectivity index (χ3v) is 2.54. The zero-order valence-electron chi connectivity index (χ0n) is 10.1. The van der Waals surface area contributed by atoms with Gasteiger partial charge in [-0.05, 0) is 23.3 Å². The molecule has 0 saturated carbocycles. The molecule has 2 rings (SSSR count). The molecule has 0 saturated heterocycles. The Morgan fingerprint density at radius 3 is 2.33 bits per heavy atom. The molecule has 92 valence electrons. The molecule has 2 aromatic carbocycles. The van der Waals surface area contributed by atoms with E-state index in [9.17, 15) is 0 Å². The topological polar surface area (TPSA) is 29.5 Å². The molecule has 2 aromatic rings. The smallest absolute Gasteiger partial charge is 0.119 e. The molecule has 0 spiro atoms. The molecule has 0 aromatic heterocycles. The van der Waals surface area contributed by atoms with Crippen molar-refractivity contribution in [3.05, 3.63) is 71.8 Å². The quantitative estimate of drug-likeness (QED) is 0.869. The van der Waals surface area contributed by atoms with Gasteiger partial charge in [0, 0.05) is 0 Å². The fourth-order valence-corrected chi connectivity index (χ4v) is 1.60. The number of rotatable bonds is 5. The second kappa shape index (κ2) is 6.62. The lowest BCUT2D eigenvalue weighted by molar-refractivity contribution is 0.306. The standard InChI is InChI=1S/C16H16O2/c17-12-4-7-14-8-10-16(11-9-14)18-13-15-5-2-1-3-6-15/h1-11,17H,12-13H2/b7-4+. The number of benzene rings is 2. The van der Waals surface area contributed by atoms with Crippen molar-refractivity contribution < 1.29 is 9.84 Å². The third-order valence-electron chi connectivity index (χ3n) is 2.54. The second-order valence-electron chi connectivity index (χ2n) is 3.93. The van der Waals surface area contributed by atoms with E-state index in [1.807, 2.05) is 60.7 Å². The normalized spacial score (nSPS) is 10.7. The summed E-state index contributed by atoms with van der Waals surface area (Å²) in [6.45, 7) is 0.638. The van der Waals surface area contributed by atoms with Crippen LogP contribution in [0.1, 0.15) is 11.1 Å². The maximum atomic E-state index is 8.68. The van der Waals surface area contributed by atoms with E-state index < -0.39 is 0 Å². The van der Waals surface area contributed by atoms with E-state index in [1.165, 1.54) is 0 Å². The van der Waals surface area contributed by atoms with Gasteiger partial charge in [-0.2, -0.15) is 0 Å². The van der Waals surface area contributed by atoms with Crippen molar-refractivity contribution in [3.63, 3.8) is 0 Å². The Labute approximate surface area is 107 Å². The fraction of sp³-hybridized carbons (Fsp3) is 0.125. The summed E-state index contributed by atoms with van der Waals surface area (Å²) in [6, 6.07) is 17.9. The van der Waals surface area contributed by atoms with Crippen molar-refractivity contribution in [2.45, 2.75) is 6.61 Å². The largest absolute Gasteiger partial charge is 0.489 e. The highest BCUT2D eigenvalue weighted by molar-refractivity contribution is 5.50. The Kier molecular flexibility index (Phi) is 4.56. The van der Waals surface area contributed by atoms with Gasteiger partial charge in [0.15, 0.2) is 0 Å². The lowest BCUT2D eigenvalue weighted by atomic mass is 10.2. The van der Waals surface area contributed by atoms with Gasteiger partial charge in [0.25, 0.3) is 0 Å². The van der Waals surface area contributed by atoms with Crippen LogP contribution in [0.2, 0.25) is 0 Å². The van der Waals surface area contributed by atoms with Crippen LogP contribution in [0.3, 0.4) is 0 Å². The Morgan fingerprint density at radius 1 is 0.944 bits per heavy atom. The van der Waals surface area contributed by atoms with Crippen LogP contribution in [0.25, 0.3) is 6.08 Å². The van der Waals surface area contributed by atoms with Crippen molar-refractivity contribution in [1.29, 1.82) is 0 Å². The summed E-state index contributed by atoms with van der Waals surface area (Å²) in [5, 5.41) is 8.68. The summed E-state index contributed by atoms with van der Waals surface area (Å²) in [5.74, 6) is 0.847. The Hall–Kier alpha value is -2.06. The molecule has 2 nitrogen and oxygen atoms in total. The van der Waals surface area contributed by atoms with Crippen molar-refractivity contribution in [2.24, 2.45) is 0 Å². The molecule has 0 atom stereocenters. The molecular formula is C16H16O2. The van der Waals surface area contributed by atoms with Crippen LogP contribution in [-0.4, -0.2) is 11.7 Å². The Balaban J connectivity index is 1.92. The van der Waals surface area contributed by atoms with Gasteiger partial charge in [-0.25, -0.2) is 0 Å². The van der Waals surface area contributed by atoms with Crippen molar-refractivity contribution in [2.75, 3.05) is 6.61 Å². The molecule has 0 unspecified atom stereocenters. The highest BCUT2D eigenvalue weighted by Crippen LogP contribution is 2.14. The highest BCUT2D eigenvalue weighted by Gasteiger charge is 1.95. The van der Waals surface area contributed by atoms with Gasteiger partial charge >= 0.3 is 0 Å². The first-order chi connectivity index (χ1) is 8.88. The molecular weight excluding hydrogens is 224 g/mol. The van der Waals surface area contributed by atoms with E-state index in [0.29, 0.717) is 6.61 Å². The molecule has 18 heavy (non-hydrogen) atoms. The van der Waals surface area contributed by atoms with Crippen LogP contribution < -0.4 is 4.74 Å². The van der Waals surface area contributed by atoms with Crippen molar-refractivity contribution in [3.8, 4) is 5.75 Å². The molecule has 0 heterocycles. The Morgan fingerprint density at radius 2 is 1.67 bits per heavy atom. The maximum absolute atomic E-state index is 8.68. The van der Waals surface area contributed by atoms with Crippen molar-refractivity contribution in [1.82, 2.24) is 0 Å². The van der Waals surface area contributed by atoms with Gasteiger partial charge in [-0.15, -0.1) is 0 Å². The minimum atomic E-state index is 0.0618. The van der Waals surface area contributed by atoms with Crippen LogP contribution in [0.15, 0.2) is 60.7 Å². The van der Waals surface area contributed by atoms with Crippen LogP contribution >= 0.6 is 0 Å². The van der Waals surface area contributed by atoms with E-state index in [2.05, 4.69) is 0 Å². The summed E-state index contributed by atoms with van der Waals surface area (Å²) in [7, 11) is 0. The second-order valence-corrected chi connectivity index (χ2v) is 3.93. The highest BCUT2D eigenvalue weighted by atomic mass is 16.5. The van der Waals surface area contributed by atoms with Gasteiger partial charge < -0.3 is 9.84 Å². The SMILES string of the molecule is OC/C=C/c1ccc(OCc2ccccc2)cc1. The zero-order chi connectivity index (χ0) is 12.6. The van der Waals surface area contributed by atoms with Gasteiger partial charge in [0.2, 0.25) is 0 Å². The van der Waals surface area contributed by atoms with E-state index in [-0.39, 0.29) is 6.61 Å². The van der Waals surface area contributed by atoms with Crippen LogP contribution in [0, 0.1) is 0 Å².